The Hall–Kier alpha value is -1.40. The minimum Gasteiger partial charge on any atom is -0.377 e. The number of amides is 1. The Bertz CT molecular complexity index is 633. The average Bonchev–Trinajstić information content (AvgIpc) is 3.30. The maximum Gasteiger partial charge on any atom is 0.259 e. The van der Waals surface area contributed by atoms with E-state index in [0.717, 1.165) is 39.1 Å². The summed E-state index contributed by atoms with van der Waals surface area (Å²) in [5.41, 5.74) is 1.62. The van der Waals surface area contributed by atoms with E-state index >= 15 is 0 Å². The molecule has 0 N–H and O–H groups in total. The van der Waals surface area contributed by atoms with Crippen LogP contribution >= 0.6 is 0 Å². The number of likely N-dealkylation sites (tertiary alicyclic amines) is 2. The molecule has 4 rings (SSSR count). The molecule has 1 amide bonds. The molecule has 26 heavy (non-hydrogen) atoms. The van der Waals surface area contributed by atoms with Crippen molar-refractivity contribution >= 4 is 5.91 Å². The third-order valence-corrected chi connectivity index (χ3v) is 6.64. The van der Waals surface area contributed by atoms with Crippen LogP contribution < -0.4 is 0 Å². The Morgan fingerprint density at radius 3 is 2.65 bits per heavy atom. The van der Waals surface area contributed by atoms with Crippen molar-refractivity contribution in [2.75, 3.05) is 32.8 Å². The van der Waals surface area contributed by atoms with Gasteiger partial charge in [-0.05, 0) is 65.3 Å². The van der Waals surface area contributed by atoms with Crippen molar-refractivity contribution in [3.63, 3.8) is 0 Å². The molecule has 2 atom stereocenters. The van der Waals surface area contributed by atoms with Crippen molar-refractivity contribution in [2.45, 2.75) is 70.4 Å². The number of rotatable bonds is 3. The second-order valence-electron chi connectivity index (χ2n) is 8.25. The summed E-state index contributed by atoms with van der Waals surface area (Å²) in [5.74, 6) is 0.717. The molecule has 3 saturated heterocycles. The van der Waals surface area contributed by atoms with Gasteiger partial charge in [0.15, 0.2) is 0 Å². The van der Waals surface area contributed by atoms with Gasteiger partial charge in [0.2, 0.25) is 0 Å². The van der Waals surface area contributed by atoms with Crippen LogP contribution in [0, 0.1) is 13.8 Å². The molecule has 144 valence electrons. The van der Waals surface area contributed by atoms with Crippen LogP contribution in [0.15, 0.2) is 4.52 Å². The van der Waals surface area contributed by atoms with Crippen LogP contribution in [-0.2, 0) is 4.74 Å². The van der Waals surface area contributed by atoms with Crippen LogP contribution in [0.25, 0.3) is 0 Å². The zero-order chi connectivity index (χ0) is 18.1. The smallest absolute Gasteiger partial charge is 0.259 e. The van der Waals surface area contributed by atoms with Gasteiger partial charge in [-0.25, -0.2) is 0 Å². The van der Waals surface area contributed by atoms with Gasteiger partial charge in [-0.2, -0.15) is 0 Å². The molecule has 4 heterocycles. The highest BCUT2D eigenvalue weighted by Crippen LogP contribution is 2.39. The average molecular weight is 361 g/mol. The Morgan fingerprint density at radius 2 is 1.96 bits per heavy atom. The van der Waals surface area contributed by atoms with Crippen molar-refractivity contribution in [1.82, 2.24) is 15.0 Å². The second kappa shape index (κ2) is 7.31. The zero-order valence-corrected chi connectivity index (χ0v) is 16.1. The summed E-state index contributed by atoms with van der Waals surface area (Å²) in [6, 6.07) is 0. The van der Waals surface area contributed by atoms with Gasteiger partial charge in [0, 0.05) is 31.8 Å². The molecule has 3 aliphatic heterocycles. The van der Waals surface area contributed by atoms with Crippen molar-refractivity contribution in [3.05, 3.63) is 17.0 Å². The molecular formula is C20H31N3O3. The lowest BCUT2D eigenvalue weighted by Crippen LogP contribution is -2.47. The van der Waals surface area contributed by atoms with E-state index in [1.54, 1.807) is 0 Å². The lowest BCUT2D eigenvalue weighted by atomic mass is 9.87. The molecule has 3 fully saturated rings. The number of carbonyl (C=O) groups is 1. The quantitative estimate of drug-likeness (QED) is 0.828. The van der Waals surface area contributed by atoms with Gasteiger partial charge >= 0.3 is 0 Å². The van der Waals surface area contributed by atoms with Crippen molar-refractivity contribution in [3.8, 4) is 0 Å². The third-order valence-electron chi connectivity index (χ3n) is 6.64. The Morgan fingerprint density at radius 1 is 1.15 bits per heavy atom. The monoisotopic (exact) mass is 361 g/mol. The number of carbonyl (C=O) groups excluding carboxylic acids is 1. The van der Waals surface area contributed by atoms with Crippen LogP contribution in [0.1, 0.15) is 66.8 Å². The first-order chi connectivity index (χ1) is 12.6. The second-order valence-corrected chi connectivity index (χ2v) is 8.25. The SMILES string of the molecule is Cc1noc(C)c1C(=O)N1CCC[C@]2(CCCN2C[C@@H]2CCCO2)CC1. The highest BCUT2D eigenvalue weighted by Gasteiger charge is 2.43. The first-order valence-corrected chi connectivity index (χ1v) is 10.2. The maximum absolute atomic E-state index is 13.0. The summed E-state index contributed by atoms with van der Waals surface area (Å²) in [7, 11) is 0. The summed E-state index contributed by atoms with van der Waals surface area (Å²) in [4.78, 5) is 17.7. The van der Waals surface area contributed by atoms with Gasteiger partial charge in [-0.3, -0.25) is 9.69 Å². The molecule has 6 nitrogen and oxygen atoms in total. The lowest BCUT2D eigenvalue weighted by Gasteiger charge is -2.39. The lowest BCUT2D eigenvalue weighted by molar-refractivity contribution is 0.0339. The van der Waals surface area contributed by atoms with Crippen molar-refractivity contribution in [2.24, 2.45) is 0 Å². The van der Waals surface area contributed by atoms with E-state index in [0.29, 0.717) is 23.1 Å². The fourth-order valence-electron chi connectivity index (χ4n) is 5.21. The van der Waals surface area contributed by atoms with Gasteiger partial charge in [0.1, 0.15) is 11.3 Å². The Labute approximate surface area is 155 Å². The van der Waals surface area contributed by atoms with E-state index in [2.05, 4.69) is 10.1 Å². The summed E-state index contributed by atoms with van der Waals surface area (Å²) in [5, 5.41) is 3.95. The molecule has 1 spiro atoms. The van der Waals surface area contributed by atoms with Crippen molar-refractivity contribution < 1.29 is 14.1 Å². The van der Waals surface area contributed by atoms with Gasteiger partial charge in [0.05, 0.1) is 11.8 Å². The molecule has 1 aromatic heterocycles. The Balaban J connectivity index is 1.44. The van der Waals surface area contributed by atoms with E-state index < -0.39 is 0 Å². The first kappa shape index (κ1) is 18.0. The number of hydrogen-bond donors (Lipinski definition) is 0. The van der Waals surface area contributed by atoms with E-state index in [-0.39, 0.29) is 11.4 Å². The van der Waals surface area contributed by atoms with E-state index in [1.807, 2.05) is 18.7 Å². The highest BCUT2D eigenvalue weighted by molar-refractivity contribution is 5.96. The summed E-state index contributed by atoms with van der Waals surface area (Å²) in [6.45, 7) is 8.50. The predicted octanol–water partition coefficient (Wildman–Crippen LogP) is 2.93. The molecule has 0 saturated carbocycles. The van der Waals surface area contributed by atoms with Crippen LogP contribution in [0.3, 0.4) is 0 Å². The fourth-order valence-corrected chi connectivity index (χ4v) is 5.21. The van der Waals surface area contributed by atoms with Gasteiger partial charge in [-0.15, -0.1) is 0 Å². The number of aromatic nitrogens is 1. The van der Waals surface area contributed by atoms with Crippen LogP contribution in [0.2, 0.25) is 0 Å². The van der Waals surface area contributed by atoms with Crippen molar-refractivity contribution in [1.29, 1.82) is 0 Å². The molecule has 3 aliphatic rings. The number of ether oxygens (including phenoxy) is 1. The molecule has 0 radical (unpaired) electrons. The number of nitrogens with zero attached hydrogens (tertiary/aromatic N) is 3. The van der Waals surface area contributed by atoms with Crippen LogP contribution in [-0.4, -0.2) is 65.3 Å². The van der Waals surface area contributed by atoms with E-state index in [4.69, 9.17) is 9.26 Å². The normalized spacial score (nSPS) is 30.2. The van der Waals surface area contributed by atoms with E-state index in [1.165, 1.54) is 38.6 Å². The molecule has 1 aromatic rings. The topological polar surface area (TPSA) is 58.8 Å². The largest absolute Gasteiger partial charge is 0.377 e. The minimum absolute atomic E-state index is 0.0852. The van der Waals surface area contributed by atoms with Gasteiger partial charge in [0.25, 0.3) is 5.91 Å². The van der Waals surface area contributed by atoms with Gasteiger partial charge < -0.3 is 14.2 Å². The van der Waals surface area contributed by atoms with Gasteiger partial charge in [-0.1, -0.05) is 5.16 Å². The molecule has 0 aromatic carbocycles. The molecule has 0 bridgehead atoms. The molecule has 0 unspecified atom stereocenters. The zero-order valence-electron chi connectivity index (χ0n) is 16.1. The Kier molecular flexibility index (Phi) is 5.06. The minimum atomic E-state index is 0.0852. The predicted molar refractivity (Wildman–Crippen MR) is 98.2 cm³/mol. The number of hydrogen-bond acceptors (Lipinski definition) is 5. The number of aryl methyl sites for hydroxylation is 2. The molecule has 6 heteroatoms. The molecular weight excluding hydrogens is 330 g/mol. The van der Waals surface area contributed by atoms with Crippen LogP contribution in [0.5, 0.6) is 0 Å². The standard InChI is InChI=1S/C20H31N3O3/c1-15-18(16(2)26-21-15)19(24)22-10-4-7-20(9-12-22)8-5-11-23(20)14-17-6-3-13-25-17/h17H,3-14H2,1-2H3/t17-,20-/m0/s1. The van der Waals surface area contributed by atoms with Crippen LogP contribution in [0.4, 0.5) is 0 Å². The third kappa shape index (κ3) is 3.29. The van der Waals surface area contributed by atoms with E-state index in [9.17, 15) is 4.79 Å². The fraction of sp³-hybridized carbons (Fsp3) is 0.800. The summed E-state index contributed by atoms with van der Waals surface area (Å²) >= 11 is 0. The maximum atomic E-state index is 13.0. The first-order valence-electron chi connectivity index (χ1n) is 10.2. The summed E-state index contributed by atoms with van der Waals surface area (Å²) < 4.78 is 11.1. The molecule has 0 aliphatic carbocycles. The summed E-state index contributed by atoms with van der Waals surface area (Å²) in [6.07, 6.45) is 8.65. The highest BCUT2D eigenvalue weighted by atomic mass is 16.5.